The van der Waals surface area contributed by atoms with Gasteiger partial charge in [0.1, 0.15) is 12.0 Å². The zero-order chi connectivity index (χ0) is 17.9. The molecule has 0 atom stereocenters. The van der Waals surface area contributed by atoms with Gasteiger partial charge in [0.15, 0.2) is 16.7 Å². The van der Waals surface area contributed by atoms with Crippen molar-refractivity contribution in [1.82, 2.24) is 30.3 Å². The van der Waals surface area contributed by atoms with Crippen LogP contribution in [0.2, 0.25) is 0 Å². The van der Waals surface area contributed by atoms with Crippen LogP contribution in [0.1, 0.15) is 10.5 Å². The fourth-order valence-corrected chi connectivity index (χ4v) is 3.19. The number of carbonyl (C=O) groups is 1. The molecule has 1 aliphatic rings. The van der Waals surface area contributed by atoms with Crippen LogP contribution in [0.25, 0.3) is 11.3 Å². The highest BCUT2D eigenvalue weighted by Gasteiger charge is 2.16. The van der Waals surface area contributed by atoms with Gasteiger partial charge in [-0.1, -0.05) is 11.8 Å². The second-order valence-electron chi connectivity index (χ2n) is 5.56. The molecule has 134 valence electrons. The van der Waals surface area contributed by atoms with Crippen LogP contribution in [0.3, 0.4) is 0 Å². The van der Waals surface area contributed by atoms with E-state index in [0.29, 0.717) is 35.2 Å². The largest absolute Gasteiger partial charge is 0.454 e. The lowest BCUT2D eigenvalue weighted by atomic mass is 10.1. The second kappa shape index (κ2) is 7.08. The molecule has 0 spiro atoms. The van der Waals surface area contributed by atoms with Gasteiger partial charge in [-0.05, 0) is 24.3 Å². The van der Waals surface area contributed by atoms with Crippen LogP contribution in [0, 0.1) is 0 Å². The molecule has 0 fully saturated rings. The van der Waals surface area contributed by atoms with Crippen LogP contribution >= 0.6 is 11.8 Å². The van der Waals surface area contributed by atoms with Crippen LogP contribution in [0.15, 0.2) is 35.7 Å². The Morgan fingerprint density at radius 2 is 2.23 bits per heavy atom. The highest BCUT2D eigenvalue weighted by Crippen LogP contribution is 2.35. The molecule has 1 aliphatic heterocycles. The minimum atomic E-state index is -0.206. The van der Waals surface area contributed by atoms with Gasteiger partial charge in [0.25, 0.3) is 5.91 Å². The van der Waals surface area contributed by atoms with Gasteiger partial charge in [0.2, 0.25) is 6.79 Å². The number of fused-ring (bicyclic) bond motifs is 1. The van der Waals surface area contributed by atoms with Crippen molar-refractivity contribution in [3.05, 3.63) is 36.3 Å². The van der Waals surface area contributed by atoms with Gasteiger partial charge >= 0.3 is 0 Å². The molecular formula is C16H16N6O3S. The fourth-order valence-electron chi connectivity index (χ4n) is 2.45. The van der Waals surface area contributed by atoms with E-state index in [1.807, 2.05) is 29.8 Å². The summed E-state index contributed by atoms with van der Waals surface area (Å²) in [7, 11) is 1.88. The zero-order valence-electron chi connectivity index (χ0n) is 13.9. The SMILES string of the molecule is Cn1cnnc1SCCNC(=O)c1cc(-c2ccc3c(c2)OCO3)n[nH]1. The molecule has 2 N–H and O–H groups in total. The monoisotopic (exact) mass is 372 g/mol. The average Bonchev–Trinajstić information content (AvgIpc) is 3.38. The molecule has 0 bridgehead atoms. The van der Waals surface area contributed by atoms with E-state index in [0.717, 1.165) is 10.7 Å². The first-order chi connectivity index (χ1) is 12.7. The van der Waals surface area contributed by atoms with Gasteiger partial charge < -0.3 is 19.4 Å². The number of hydrogen-bond donors (Lipinski definition) is 2. The third kappa shape index (κ3) is 3.36. The number of carbonyl (C=O) groups excluding carboxylic acids is 1. The molecule has 0 aliphatic carbocycles. The van der Waals surface area contributed by atoms with Crippen molar-refractivity contribution in [2.24, 2.45) is 7.05 Å². The quantitative estimate of drug-likeness (QED) is 0.498. The van der Waals surface area contributed by atoms with E-state index in [4.69, 9.17) is 9.47 Å². The van der Waals surface area contributed by atoms with Crippen LogP contribution in [0.5, 0.6) is 11.5 Å². The Morgan fingerprint density at radius 3 is 3.08 bits per heavy atom. The third-order valence-corrected chi connectivity index (χ3v) is 4.82. The molecule has 1 amide bonds. The molecule has 0 unspecified atom stereocenters. The van der Waals surface area contributed by atoms with Crippen molar-refractivity contribution in [2.75, 3.05) is 19.1 Å². The van der Waals surface area contributed by atoms with E-state index < -0.39 is 0 Å². The van der Waals surface area contributed by atoms with Crippen molar-refractivity contribution in [3.63, 3.8) is 0 Å². The van der Waals surface area contributed by atoms with Crippen LogP contribution in [-0.2, 0) is 7.05 Å². The number of ether oxygens (including phenoxy) is 2. The Labute approximate surface area is 153 Å². The zero-order valence-corrected chi connectivity index (χ0v) is 14.7. The summed E-state index contributed by atoms with van der Waals surface area (Å²) in [5, 5.41) is 18.4. The van der Waals surface area contributed by atoms with Gasteiger partial charge in [-0.3, -0.25) is 9.89 Å². The van der Waals surface area contributed by atoms with Crippen molar-refractivity contribution >= 4 is 17.7 Å². The van der Waals surface area contributed by atoms with Crippen molar-refractivity contribution in [3.8, 4) is 22.8 Å². The molecule has 10 heteroatoms. The Morgan fingerprint density at radius 1 is 1.35 bits per heavy atom. The third-order valence-electron chi connectivity index (χ3n) is 3.78. The summed E-state index contributed by atoms with van der Waals surface area (Å²) in [6.07, 6.45) is 1.64. The van der Waals surface area contributed by atoms with E-state index in [-0.39, 0.29) is 12.7 Å². The number of amides is 1. The van der Waals surface area contributed by atoms with E-state index in [9.17, 15) is 4.79 Å². The maximum atomic E-state index is 12.2. The van der Waals surface area contributed by atoms with Crippen LogP contribution < -0.4 is 14.8 Å². The number of aromatic amines is 1. The minimum Gasteiger partial charge on any atom is -0.454 e. The Bertz CT molecular complexity index is 938. The highest BCUT2D eigenvalue weighted by atomic mass is 32.2. The summed E-state index contributed by atoms with van der Waals surface area (Å²) < 4.78 is 12.5. The van der Waals surface area contributed by atoms with Gasteiger partial charge in [0, 0.05) is 24.9 Å². The number of nitrogens with one attached hydrogen (secondary N) is 2. The maximum Gasteiger partial charge on any atom is 0.269 e. The summed E-state index contributed by atoms with van der Waals surface area (Å²) in [6, 6.07) is 7.26. The predicted octanol–water partition coefficient (Wildman–Crippen LogP) is 1.46. The van der Waals surface area contributed by atoms with Gasteiger partial charge in [-0.25, -0.2) is 0 Å². The summed E-state index contributed by atoms with van der Waals surface area (Å²) >= 11 is 1.53. The van der Waals surface area contributed by atoms with Crippen LogP contribution in [-0.4, -0.2) is 50.0 Å². The lowest BCUT2D eigenvalue weighted by molar-refractivity contribution is 0.0951. The predicted molar refractivity (Wildman–Crippen MR) is 94.2 cm³/mol. The molecule has 0 saturated carbocycles. The van der Waals surface area contributed by atoms with Crippen molar-refractivity contribution < 1.29 is 14.3 Å². The lowest BCUT2D eigenvalue weighted by Crippen LogP contribution is -2.26. The number of nitrogens with zero attached hydrogens (tertiary/aromatic N) is 4. The number of rotatable bonds is 6. The Balaban J connectivity index is 1.34. The van der Waals surface area contributed by atoms with Gasteiger partial charge in [-0.2, -0.15) is 5.10 Å². The molecule has 0 radical (unpaired) electrons. The summed E-state index contributed by atoms with van der Waals surface area (Å²) in [5.74, 6) is 1.88. The van der Waals surface area contributed by atoms with E-state index in [1.54, 1.807) is 12.4 Å². The van der Waals surface area contributed by atoms with E-state index in [1.165, 1.54) is 11.8 Å². The molecule has 3 aromatic rings. The molecule has 1 aromatic carbocycles. The fraction of sp³-hybridized carbons (Fsp3) is 0.250. The molecule has 0 saturated heterocycles. The summed E-state index contributed by atoms with van der Waals surface area (Å²) in [5.41, 5.74) is 1.92. The van der Waals surface area contributed by atoms with E-state index in [2.05, 4.69) is 25.7 Å². The normalized spacial score (nSPS) is 12.3. The Hall–Kier alpha value is -3.01. The van der Waals surface area contributed by atoms with Gasteiger partial charge in [-0.15, -0.1) is 10.2 Å². The average molecular weight is 372 g/mol. The Kier molecular flexibility index (Phi) is 4.48. The summed E-state index contributed by atoms with van der Waals surface area (Å²) in [6.45, 7) is 0.730. The summed E-state index contributed by atoms with van der Waals surface area (Å²) in [4.78, 5) is 12.2. The lowest BCUT2D eigenvalue weighted by Gasteiger charge is -2.03. The molecule has 4 rings (SSSR count). The molecule has 26 heavy (non-hydrogen) atoms. The van der Waals surface area contributed by atoms with Crippen LogP contribution in [0.4, 0.5) is 0 Å². The second-order valence-corrected chi connectivity index (χ2v) is 6.63. The standard InChI is InChI=1S/C16H16N6O3S/c1-22-8-18-21-16(22)26-5-4-17-15(23)12-7-11(19-20-12)10-2-3-13-14(6-10)25-9-24-13/h2-3,6-8H,4-5,9H2,1H3,(H,17,23)(H,19,20). The number of hydrogen-bond acceptors (Lipinski definition) is 7. The molecular weight excluding hydrogens is 356 g/mol. The smallest absolute Gasteiger partial charge is 0.269 e. The number of benzene rings is 1. The molecule has 2 aromatic heterocycles. The topological polar surface area (TPSA) is 107 Å². The molecule has 3 heterocycles. The number of aryl methyl sites for hydroxylation is 1. The first-order valence-corrected chi connectivity index (χ1v) is 8.90. The van der Waals surface area contributed by atoms with Gasteiger partial charge in [0.05, 0.1) is 5.69 Å². The van der Waals surface area contributed by atoms with Crippen molar-refractivity contribution in [1.29, 1.82) is 0 Å². The van der Waals surface area contributed by atoms with E-state index >= 15 is 0 Å². The minimum absolute atomic E-state index is 0.206. The molecule has 9 nitrogen and oxygen atoms in total. The first-order valence-electron chi connectivity index (χ1n) is 7.91. The first kappa shape index (κ1) is 16.5. The highest BCUT2D eigenvalue weighted by molar-refractivity contribution is 7.99. The maximum absolute atomic E-state index is 12.2. The number of thioether (sulfide) groups is 1. The number of aromatic nitrogens is 5. The van der Waals surface area contributed by atoms with Crippen molar-refractivity contribution in [2.45, 2.75) is 5.16 Å². The number of H-pyrrole nitrogens is 1.